The van der Waals surface area contributed by atoms with Crippen molar-refractivity contribution in [3.63, 3.8) is 0 Å². The number of rotatable bonds is 8. The van der Waals surface area contributed by atoms with Gasteiger partial charge in [0, 0.05) is 33.9 Å². The van der Waals surface area contributed by atoms with Crippen molar-refractivity contribution in [1.82, 2.24) is 4.98 Å². The van der Waals surface area contributed by atoms with Crippen LogP contribution in [0.3, 0.4) is 0 Å². The number of nitrogens with one attached hydrogen (secondary N) is 1. The number of hydrogen-bond acceptors (Lipinski definition) is 5. The highest BCUT2D eigenvalue weighted by molar-refractivity contribution is 6.51. The number of Topliss-reactive ketones (excluding diaryl/α,β-unsaturated/α-hetero) is 1. The molecule has 0 aliphatic carbocycles. The average molecular weight is 525 g/mol. The van der Waals surface area contributed by atoms with Crippen LogP contribution in [-0.4, -0.2) is 35.0 Å². The topological polar surface area (TPSA) is 91.9 Å². The largest absolute Gasteiger partial charge is 0.507 e. The summed E-state index contributed by atoms with van der Waals surface area (Å²) < 4.78 is 11.4. The SMILES string of the molecule is CCOc1ccc(N2C(=O)C(=O)/C(=C(/O)c3ccc(OCC(C)C)c(C)c3)C2c2c[nH]c3ccccc23)cc1. The zero-order valence-electron chi connectivity index (χ0n) is 22.5. The van der Waals surface area contributed by atoms with Crippen molar-refractivity contribution in [2.75, 3.05) is 18.1 Å². The molecule has 1 aliphatic heterocycles. The molecule has 7 nitrogen and oxygen atoms in total. The van der Waals surface area contributed by atoms with Crippen molar-refractivity contribution in [1.29, 1.82) is 0 Å². The normalized spacial score (nSPS) is 16.8. The standard InChI is InChI=1S/C32H32N2O5/c1-5-38-23-13-11-22(12-14-23)34-29(25-17-33-26-9-7-6-8-24(25)26)28(31(36)32(34)37)30(35)21-10-15-27(20(4)16-21)39-18-19(2)3/h6-17,19,29,33,35H,5,18H2,1-4H3/b30-28+. The molecule has 2 N–H and O–H groups in total. The summed E-state index contributed by atoms with van der Waals surface area (Å²) in [6.07, 6.45) is 1.80. The number of aromatic amines is 1. The van der Waals surface area contributed by atoms with Crippen LogP contribution in [0.4, 0.5) is 5.69 Å². The maximum absolute atomic E-state index is 13.6. The van der Waals surface area contributed by atoms with Crippen LogP contribution in [0.1, 0.15) is 43.5 Å². The molecule has 3 aromatic carbocycles. The van der Waals surface area contributed by atoms with E-state index in [-0.39, 0.29) is 11.3 Å². The number of fused-ring (bicyclic) bond motifs is 1. The lowest BCUT2D eigenvalue weighted by molar-refractivity contribution is -0.132. The van der Waals surface area contributed by atoms with E-state index in [0.717, 1.165) is 16.5 Å². The minimum absolute atomic E-state index is 0.0360. The summed E-state index contributed by atoms with van der Waals surface area (Å²) in [7, 11) is 0. The van der Waals surface area contributed by atoms with E-state index in [0.29, 0.717) is 47.4 Å². The fourth-order valence-corrected chi connectivity index (χ4v) is 4.95. The smallest absolute Gasteiger partial charge is 0.300 e. The quantitative estimate of drug-likeness (QED) is 0.155. The Balaban J connectivity index is 1.65. The molecule has 1 atom stereocenters. The summed E-state index contributed by atoms with van der Waals surface area (Å²) in [6.45, 7) is 9.02. The van der Waals surface area contributed by atoms with Gasteiger partial charge >= 0.3 is 0 Å². The van der Waals surface area contributed by atoms with Gasteiger partial charge in [-0.1, -0.05) is 32.0 Å². The van der Waals surface area contributed by atoms with Gasteiger partial charge < -0.3 is 19.6 Å². The summed E-state index contributed by atoms with van der Waals surface area (Å²) in [5, 5.41) is 12.4. The van der Waals surface area contributed by atoms with E-state index in [2.05, 4.69) is 18.8 Å². The first-order valence-corrected chi connectivity index (χ1v) is 13.1. The predicted molar refractivity (Wildman–Crippen MR) is 152 cm³/mol. The van der Waals surface area contributed by atoms with E-state index < -0.39 is 17.7 Å². The molecule has 1 saturated heterocycles. The Bertz CT molecular complexity index is 1570. The van der Waals surface area contributed by atoms with Crippen LogP contribution in [0.25, 0.3) is 16.7 Å². The number of nitrogens with zero attached hydrogens (tertiary/aromatic N) is 1. The molecule has 4 aromatic rings. The highest BCUT2D eigenvalue weighted by Gasteiger charge is 2.47. The van der Waals surface area contributed by atoms with Crippen LogP contribution in [0, 0.1) is 12.8 Å². The van der Waals surface area contributed by atoms with E-state index in [1.165, 1.54) is 4.90 Å². The molecule has 0 spiro atoms. The lowest BCUT2D eigenvalue weighted by Gasteiger charge is -2.25. The molecule has 0 saturated carbocycles. The number of anilines is 1. The number of H-pyrrole nitrogens is 1. The van der Waals surface area contributed by atoms with E-state index >= 15 is 0 Å². The lowest BCUT2D eigenvalue weighted by Crippen LogP contribution is -2.29. The fraction of sp³-hybridized carbons (Fsp3) is 0.250. The first-order chi connectivity index (χ1) is 18.8. The number of amides is 1. The van der Waals surface area contributed by atoms with Crippen LogP contribution < -0.4 is 14.4 Å². The second-order valence-corrected chi connectivity index (χ2v) is 10.1. The van der Waals surface area contributed by atoms with Crippen molar-refractivity contribution in [2.45, 2.75) is 33.7 Å². The first-order valence-electron chi connectivity index (χ1n) is 13.1. The summed E-state index contributed by atoms with van der Waals surface area (Å²) >= 11 is 0. The summed E-state index contributed by atoms with van der Waals surface area (Å²) in [6, 6.07) is 19.2. The van der Waals surface area contributed by atoms with Crippen molar-refractivity contribution < 1.29 is 24.2 Å². The van der Waals surface area contributed by atoms with Gasteiger partial charge in [0.15, 0.2) is 0 Å². The van der Waals surface area contributed by atoms with Crippen LogP contribution >= 0.6 is 0 Å². The number of ketones is 1. The summed E-state index contributed by atoms with van der Waals surface area (Å²) in [5.74, 6) is 0.0712. The minimum atomic E-state index is -0.837. The van der Waals surface area contributed by atoms with Gasteiger partial charge in [0.2, 0.25) is 0 Å². The van der Waals surface area contributed by atoms with Gasteiger partial charge in [0.25, 0.3) is 11.7 Å². The molecule has 200 valence electrons. The number of carbonyl (C=O) groups excluding carboxylic acids is 2. The Morgan fingerprint density at radius 1 is 1.03 bits per heavy atom. The van der Waals surface area contributed by atoms with E-state index in [1.807, 2.05) is 38.1 Å². The van der Waals surface area contributed by atoms with Gasteiger partial charge in [-0.2, -0.15) is 0 Å². The third-order valence-corrected chi connectivity index (χ3v) is 6.81. The van der Waals surface area contributed by atoms with E-state index in [1.54, 1.807) is 48.7 Å². The lowest BCUT2D eigenvalue weighted by atomic mass is 9.94. The Kier molecular flexibility index (Phi) is 7.15. The maximum Gasteiger partial charge on any atom is 0.300 e. The second kappa shape index (κ2) is 10.7. The van der Waals surface area contributed by atoms with Gasteiger partial charge in [-0.15, -0.1) is 0 Å². The monoisotopic (exact) mass is 524 g/mol. The number of para-hydroxylation sites is 1. The summed E-state index contributed by atoms with van der Waals surface area (Å²) in [4.78, 5) is 31.8. The van der Waals surface area contributed by atoms with E-state index in [4.69, 9.17) is 9.47 Å². The molecule has 2 heterocycles. The molecule has 1 amide bonds. The van der Waals surface area contributed by atoms with Gasteiger partial charge in [0.05, 0.1) is 24.8 Å². The van der Waals surface area contributed by atoms with Crippen molar-refractivity contribution in [3.8, 4) is 11.5 Å². The third kappa shape index (κ3) is 4.88. The number of carbonyl (C=O) groups is 2. The van der Waals surface area contributed by atoms with Gasteiger partial charge in [-0.05, 0) is 73.9 Å². The molecule has 0 bridgehead atoms. The zero-order chi connectivity index (χ0) is 27.7. The van der Waals surface area contributed by atoms with Crippen LogP contribution in [-0.2, 0) is 9.59 Å². The molecular formula is C32H32N2O5. The Morgan fingerprint density at radius 2 is 1.77 bits per heavy atom. The number of hydrogen-bond donors (Lipinski definition) is 2. The Labute approximate surface area is 227 Å². The summed E-state index contributed by atoms with van der Waals surface area (Å²) in [5.41, 5.74) is 3.42. The molecule has 1 aliphatic rings. The molecule has 7 heteroatoms. The van der Waals surface area contributed by atoms with Crippen molar-refractivity contribution in [2.24, 2.45) is 5.92 Å². The maximum atomic E-state index is 13.6. The molecule has 0 radical (unpaired) electrons. The fourth-order valence-electron chi connectivity index (χ4n) is 4.95. The Hall–Kier alpha value is -4.52. The molecule has 1 aromatic heterocycles. The molecule has 1 unspecified atom stereocenters. The molecule has 5 rings (SSSR count). The van der Waals surface area contributed by atoms with Crippen LogP contribution in [0.2, 0.25) is 0 Å². The number of aryl methyl sites for hydroxylation is 1. The van der Waals surface area contributed by atoms with E-state index in [9.17, 15) is 14.7 Å². The van der Waals surface area contributed by atoms with Crippen molar-refractivity contribution >= 4 is 34.0 Å². The molecular weight excluding hydrogens is 492 g/mol. The highest BCUT2D eigenvalue weighted by Crippen LogP contribution is 2.44. The predicted octanol–water partition coefficient (Wildman–Crippen LogP) is 6.54. The number of ether oxygens (including phenoxy) is 2. The van der Waals surface area contributed by atoms with Crippen LogP contribution in [0.15, 0.2) is 78.5 Å². The molecule has 39 heavy (non-hydrogen) atoms. The first kappa shape index (κ1) is 26.1. The third-order valence-electron chi connectivity index (χ3n) is 6.81. The van der Waals surface area contributed by atoms with Gasteiger partial charge in [-0.25, -0.2) is 0 Å². The van der Waals surface area contributed by atoms with Gasteiger partial charge in [-0.3, -0.25) is 14.5 Å². The Morgan fingerprint density at radius 3 is 2.46 bits per heavy atom. The average Bonchev–Trinajstić information content (AvgIpc) is 3.46. The van der Waals surface area contributed by atoms with Crippen LogP contribution in [0.5, 0.6) is 11.5 Å². The number of aromatic nitrogens is 1. The number of aliphatic hydroxyl groups is 1. The minimum Gasteiger partial charge on any atom is -0.507 e. The zero-order valence-corrected chi connectivity index (χ0v) is 22.5. The molecule has 1 fully saturated rings. The van der Waals surface area contributed by atoms with Crippen molar-refractivity contribution in [3.05, 3.63) is 95.2 Å². The number of benzene rings is 3. The number of aliphatic hydroxyl groups excluding tert-OH is 1. The second-order valence-electron chi connectivity index (χ2n) is 10.1. The van der Waals surface area contributed by atoms with Gasteiger partial charge in [0.1, 0.15) is 17.3 Å². The highest BCUT2D eigenvalue weighted by atomic mass is 16.5.